The molecule has 4 heteroatoms. The van der Waals surface area contributed by atoms with Gasteiger partial charge in [0.2, 0.25) is 0 Å². The highest BCUT2D eigenvalue weighted by molar-refractivity contribution is 5.58. The van der Waals surface area contributed by atoms with Crippen LogP contribution in [0.3, 0.4) is 0 Å². The van der Waals surface area contributed by atoms with Gasteiger partial charge in [0.25, 0.3) is 0 Å². The fourth-order valence-corrected chi connectivity index (χ4v) is 1.66. The highest BCUT2D eigenvalue weighted by Gasteiger charge is 2.14. The molecule has 1 aromatic rings. The number of aromatic hydroxyl groups is 1. The summed E-state index contributed by atoms with van der Waals surface area (Å²) >= 11 is 0. The Labute approximate surface area is 82.2 Å². The Kier molecular flexibility index (Phi) is 2.54. The smallest absolute Gasteiger partial charge is 0.139 e. The lowest BCUT2D eigenvalue weighted by Gasteiger charge is -2.29. The van der Waals surface area contributed by atoms with Crippen LogP contribution in [0.4, 0.5) is 10.1 Å². The van der Waals surface area contributed by atoms with Gasteiger partial charge in [-0.1, -0.05) is 0 Å². The first-order chi connectivity index (χ1) is 6.77. The molecule has 0 saturated carbocycles. The van der Waals surface area contributed by atoms with Crippen LogP contribution in [0.2, 0.25) is 0 Å². The van der Waals surface area contributed by atoms with Gasteiger partial charge in [-0.25, -0.2) is 4.39 Å². The highest BCUT2D eigenvalue weighted by atomic mass is 19.1. The van der Waals surface area contributed by atoms with E-state index in [1.54, 1.807) is 0 Å². The Balaban J connectivity index is 2.24. The van der Waals surface area contributed by atoms with Gasteiger partial charge in [0, 0.05) is 32.2 Å². The average Bonchev–Trinajstić information content (AvgIpc) is 2.23. The third-order valence-electron chi connectivity index (χ3n) is 2.40. The van der Waals surface area contributed by atoms with E-state index < -0.39 is 0 Å². The van der Waals surface area contributed by atoms with Crippen LogP contribution < -0.4 is 10.2 Å². The summed E-state index contributed by atoms with van der Waals surface area (Å²) in [5, 5.41) is 12.8. The molecule has 0 aliphatic carbocycles. The van der Waals surface area contributed by atoms with E-state index in [2.05, 4.69) is 5.32 Å². The lowest BCUT2D eigenvalue weighted by atomic mass is 10.2. The molecule has 14 heavy (non-hydrogen) atoms. The van der Waals surface area contributed by atoms with Crippen LogP contribution in [0.5, 0.6) is 5.75 Å². The molecule has 76 valence electrons. The standard InChI is InChI=1S/C10H13FN2O/c11-8-1-2-10(14)9(7-8)13-5-3-12-4-6-13/h1-2,7,12,14H,3-6H2. The zero-order valence-corrected chi connectivity index (χ0v) is 7.83. The number of nitrogens with one attached hydrogen (secondary N) is 1. The minimum Gasteiger partial charge on any atom is -0.506 e. The zero-order valence-electron chi connectivity index (χ0n) is 7.83. The van der Waals surface area contributed by atoms with E-state index in [1.165, 1.54) is 18.2 Å². The fourth-order valence-electron chi connectivity index (χ4n) is 1.66. The van der Waals surface area contributed by atoms with Gasteiger partial charge in [0.05, 0.1) is 5.69 Å². The highest BCUT2D eigenvalue weighted by Crippen LogP contribution is 2.27. The summed E-state index contributed by atoms with van der Waals surface area (Å²) < 4.78 is 12.9. The Morgan fingerprint density at radius 3 is 2.71 bits per heavy atom. The normalized spacial score (nSPS) is 17.1. The molecule has 1 aliphatic rings. The van der Waals surface area contributed by atoms with Crippen molar-refractivity contribution in [2.45, 2.75) is 0 Å². The Morgan fingerprint density at radius 1 is 1.29 bits per heavy atom. The van der Waals surface area contributed by atoms with Crippen molar-refractivity contribution >= 4 is 5.69 Å². The zero-order chi connectivity index (χ0) is 9.97. The van der Waals surface area contributed by atoms with Crippen LogP contribution in [0.25, 0.3) is 0 Å². The molecule has 2 rings (SSSR count). The van der Waals surface area contributed by atoms with E-state index in [0.717, 1.165) is 26.2 Å². The molecular weight excluding hydrogens is 183 g/mol. The molecular formula is C10H13FN2O. The number of nitrogens with zero attached hydrogens (tertiary/aromatic N) is 1. The number of piperazine rings is 1. The fraction of sp³-hybridized carbons (Fsp3) is 0.400. The first-order valence-electron chi connectivity index (χ1n) is 4.71. The Hall–Kier alpha value is -1.29. The number of rotatable bonds is 1. The van der Waals surface area contributed by atoms with Crippen molar-refractivity contribution in [3.8, 4) is 5.75 Å². The van der Waals surface area contributed by atoms with Crippen molar-refractivity contribution in [3.05, 3.63) is 24.0 Å². The van der Waals surface area contributed by atoms with Gasteiger partial charge in [-0.3, -0.25) is 0 Å². The van der Waals surface area contributed by atoms with Crippen LogP contribution in [-0.4, -0.2) is 31.3 Å². The molecule has 0 aromatic heterocycles. The van der Waals surface area contributed by atoms with E-state index in [4.69, 9.17) is 0 Å². The second kappa shape index (κ2) is 3.84. The number of benzene rings is 1. The minimum atomic E-state index is -0.309. The number of phenols is 1. The van der Waals surface area contributed by atoms with Crippen LogP contribution in [-0.2, 0) is 0 Å². The molecule has 1 aliphatic heterocycles. The predicted octanol–water partition coefficient (Wildman–Crippen LogP) is 0.941. The van der Waals surface area contributed by atoms with Crippen molar-refractivity contribution in [1.82, 2.24) is 5.32 Å². The molecule has 2 N–H and O–H groups in total. The van der Waals surface area contributed by atoms with E-state index >= 15 is 0 Å². The van der Waals surface area contributed by atoms with Gasteiger partial charge < -0.3 is 15.3 Å². The molecule has 0 bridgehead atoms. The summed E-state index contributed by atoms with van der Waals surface area (Å²) in [6.45, 7) is 3.35. The molecule has 1 aromatic carbocycles. The van der Waals surface area contributed by atoms with Gasteiger partial charge in [0.1, 0.15) is 11.6 Å². The van der Waals surface area contributed by atoms with E-state index in [1.807, 2.05) is 4.90 Å². The summed E-state index contributed by atoms with van der Waals surface area (Å²) in [4.78, 5) is 1.98. The second-order valence-corrected chi connectivity index (χ2v) is 3.37. The monoisotopic (exact) mass is 196 g/mol. The molecule has 0 amide bonds. The van der Waals surface area contributed by atoms with Gasteiger partial charge in [-0.05, 0) is 12.1 Å². The lowest BCUT2D eigenvalue weighted by Crippen LogP contribution is -2.43. The number of halogens is 1. The maximum Gasteiger partial charge on any atom is 0.139 e. The van der Waals surface area contributed by atoms with Gasteiger partial charge in [0.15, 0.2) is 0 Å². The molecule has 1 saturated heterocycles. The Morgan fingerprint density at radius 2 is 2.00 bits per heavy atom. The van der Waals surface area contributed by atoms with Crippen molar-refractivity contribution < 1.29 is 9.50 Å². The summed E-state index contributed by atoms with van der Waals surface area (Å²) in [6.07, 6.45) is 0. The minimum absolute atomic E-state index is 0.147. The van der Waals surface area contributed by atoms with Crippen LogP contribution in [0.15, 0.2) is 18.2 Å². The summed E-state index contributed by atoms with van der Waals surface area (Å²) in [5.74, 6) is -0.162. The van der Waals surface area contributed by atoms with Crippen LogP contribution >= 0.6 is 0 Å². The topological polar surface area (TPSA) is 35.5 Å². The number of hydrogen-bond acceptors (Lipinski definition) is 3. The van der Waals surface area contributed by atoms with E-state index in [-0.39, 0.29) is 11.6 Å². The predicted molar refractivity (Wildman–Crippen MR) is 53.1 cm³/mol. The molecule has 1 fully saturated rings. The van der Waals surface area contributed by atoms with Crippen molar-refractivity contribution in [3.63, 3.8) is 0 Å². The van der Waals surface area contributed by atoms with Crippen molar-refractivity contribution in [2.24, 2.45) is 0 Å². The Bertz CT molecular complexity index is 324. The van der Waals surface area contributed by atoms with Crippen LogP contribution in [0, 0.1) is 5.82 Å². The van der Waals surface area contributed by atoms with E-state index in [0.29, 0.717) is 5.69 Å². The third kappa shape index (κ3) is 1.80. The molecule has 0 spiro atoms. The number of anilines is 1. The second-order valence-electron chi connectivity index (χ2n) is 3.37. The lowest BCUT2D eigenvalue weighted by molar-refractivity contribution is 0.468. The van der Waals surface area contributed by atoms with Crippen molar-refractivity contribution in [1.29, 1.82) is 0 Å². The molecule has 0 unspecified atom stereocenters. The van der Waals surface area contributed by atoms with E-state index in [9.17, 15) is 9.50 Å². The first kappa shape index (κ1) is 9.27. The third-order valence-corrected chi connectivity index (χ3v) is 2.40. The van der Waals surface area contributed by atoms with Gasteiger partial charge >= 0.3 is 0 Å². The maximum atomic E-state index is 12.9. The van der Waals surface area contributed by atoms with Gasteiger partial charge in [-0.2, -0.15) is 0 Å². The summed E-state index contributed by atoms with van der Waals surface area (Å²) in [6, 6.07) is 4.04. The maximum absolute atomic E-state index is 12.9. The SMILES string of the molecule is Oc1ccc(F)cc1N1CCNCC1. The summed E-state index contributed by atoms with van der Waals surface area (Å²) in [7, 11) is 0. The molecule has 3 nitrogen and oxygen atoms in total. The summed E-state index contributed by atoms with van der Waals surface area (Å²) in [5.41, 5.74) is 0.589. The molecule has 0 radical (unpaired) electrons. The number of phenolic OH excluding ortho intramolecular Hbond substituents is 1. The largest absolute Gasteiger partial charge is 0.506 e. The van der Waals surface area contributed by atoms with Crippen molar-refractivity contribution in [2.75, 3.05) is 31.1 Å². The molecule has 0 atom stereocenters. The molecule has 1 heterocycles. The number of hydrogen-bond donors (Lipinski definition) is 2. The first-order valence-corrected chi connectivity index (χ1v) is 4.71. The quantitative estimate of drug-likeness (QED) is 0.701. The van der Waals surface area contributed by atoms with Crippen LogP contribution in [0.1, 0.15) is 0 Å². The average molecular weight is 196 g/mol. The van der Waals surface area contributed by atoms with Gasteiger partial charge in [-0.15, -0.1) is 0 Å².